The fraction of sp³-hybridized carbons (Fsp3) is 0.571. The molecular formula is C28H40O6Si. The van der Waals surface area contributed by atoms with Crippen molar-refractivity contribution in [3.63, 3.8) is 0 Å². The molecule has 0 saturated carbocycles. The Hall–Kier alpha value is -1.58. The molecule has 4 rings (SSSR count). The van der Waals surface area contributed by atoms with Crippen molar-refractivity contribution < 1.29 is 29.2 Å². The summed E-state index contributed by atoms with van der Waals surface area (Å²) in [5.74, 6) is 0. The second kappa shape index (κ2) is 10.8. The lowest BCUT2D eigenvalue weighted by atomic mass is 9.86. The van der Waals surface area contributed by atoms with E-state index in [1.54, 1.807) is 0 Å². The van der Waals surface area contributed by atoms with Gasteiger partial charge in [0.15, 0.2) is 0 Å². The van der Waals surface area contributed by atoms with Crippen LogP contribution < -0.4 is 10.4 Å². The molecule has 2 aliphatic heterocycles. The maximum absolute atomic E-state index is 10.2. The number of fused-ring (bicyclic) bond motifs is 1. The first-order valence-corrected chi connectivity index (χ1v) is 14.6. The van der Waals surface area contributed by atoms with Gasteiger partial charge in [-0.05, 0) is 34.7 Å². The van der Waals surface area contributed by atoms with E-state index in [1.165, 1.54) is 10.4 Å². The topological polar surface area (TPSA) is 88.4 Å². The minimum Gasteiger partial charge on any atom is -0.407 e. The van der Waals surface area contributed by atoms with E-state index in [0.717, 1.165) is 12.8 Å². The maximum atomic E-state index is 10.2. The minimum atomic E-state index is -2.61. The van der Waals surface area contributed by atoms with E-state index in [2.05, 4.69) is 69.3 Å². The molecule has 2 heterocycles. The zero-order valence-electron chi connectivity index (χ0n) is 21.1. The number of benzene rings is 2. The van der Waals surface area contributed by atoms with E-state index < -0.39 is 26.1 Å². The lowest BCUT2D eigenvalue weighted by molar-refractivity contribution is -0.186. The highest BCUT2D eigenvalue weighted by atomic mass is 28.4. The van der Waals surface area contributed by atoms with E-state index in [1.807, 2.05) is 12.1 Å². The third-order valence-corrected chi connectivity index (χ3v) is 12.7. The van der Waals surface area contributed by atoms with Crippen LogP contribution in [0.15, 0.2) is 60.7 Å². The van der Waals surface area contributed by atoms with E-state index in [9.17, 15) is 15.3 Å². The van der Waals surface area contributed by atoms with Crippen molar-refractivity contribution in [3.05, 3.63) is 60.7 Å². The molecule has 2 saturated heterocycles. The molecule has 0 spiro atoms. The highest BCUT2D eigenvalue weighted by molar-refractivity contribution is 6.99. The Balaban J connectivity index is 1.52. The van der Waals surface area contributed by atoms with Crippen molar-refractivity contribution in [1.82, 2.24) is 0 Å². The van der Waals surface area contributed by atoms with Gasteiger partial charge < -0.3 is 29.2 Å². The molecule has 5 atom stereocenters. The Morgan fingerprint density at radius 1 is 1.00 bits per heavy atom. The van der Waals surface area contributed by atoms with E-state index >= 15 is 0 Å². The van der Waals surface area contributed by atoms with Crippen LogP contribution in [0.5, 0.6) is 0 Å². The van der Waals surface area contributed by atoms with Crippen LogP contribution in [-0.4, -0.2) is 73.5 Å². The third-order valence-electron chi connectivity index (χ3n) is 7.68. The molecule has 2 aliphatic rings. The Bertz CT molecular complexity index is 894. The second-order valence-corrected chi connectivity index (χ2v) is 15.3. The standard InChI is InChI=1S/C28H40O6Si/c1-27(2,3)35(22-10-6-4-7-11-22,23-12-8-5-9-13-23)32-17-16-21-14-15-26-28(20-30,34-21)18-25(33-26)24(31)19-29/h4-13,21,24-26,29-31H,14-20H2,1-3H3/t21-,24-,25?,26+,28-/m1/s1. The number of aliphatic hydroxyl groups excluding tert-OH is 3. The van der Waals surface area contributed by atoms with Crippen LogP contribution in [0.1, 0.15) is 46.5 Å². The first kappa shape index (κ1) is 26.5. The van der Waals surface area contributed by atoms with E-state index in [0.29, 0.717) is 19.4 Å². The van der Waals surface area contributed by atoms with Gasteiger partial charge in [-0.3, -0.25) is 0 Å². The lowest BCUT2D eigenvalue weighted by Gasteiger charge is -2.44. The molecule has 0 amide bonds. The van der Waals surface area contributed by atoms with Gasteiger partial charge in [-0.25, -0.2) is 0 Å². The van der Waals surface area contributed by atoms with Crippen LogP contribution in [0, 0.1) is 0 Å². The highest BCUT2D eigenvalue weighted by Crippen LogP contribution is 2.43. The summed E-state index contributed by atoms with van der Waals surface area (Å²) in [5.41, 5.74) is -0.832. The molecule has 2 aromatic carbocycles. The molecule has 2 fully saturated rings. The molecule has 0 bridgehead atoms. The number of ether oxygens (including phenoxy) is 2. The Morgan fingerprint density at radius 3 is 2.11 bits per heavy atom. The van der Waals surface area contributed by atoms with Crippen molar-refractivity contribution >= 4 is 18.7 Å². The summed E-state index contributed by atoms with van der Waals surface area (Å²) in [6.45, 7) is 6.82. The summed E-state index contributed by atoms with van der Waals surface area (Å²) in [6.07, 6.45) is 0.817. The fourth-order valence-electron chi connectivity index (χ4n) is 5.89. The van der Waals surface area contributed by atoms with Gasteiger partial charge in [0.2, 0.25) is 0 Å². The Morgan fingerprint density at radius 2 is 1.60 bits per heavy atom. The van der Waals surface area contributed by atoms with Gasteiger partial charge in [0.05, 0.1) is 31.5 Å². The van der Waals surface area contributed by atoms with E-state index in [4.69, 9.17) is 13.9 Å². The van der Waals surface area contributed by atoms with Crippen LogP contribution >= 0.6 is 0 Å². The first-order chi connectivity index (χ1) is 16.8. The quantitative estimate of drug-likeness (QED) is 0.458. The predicted molar refractivity (Wildman–Crippen MR) is 138 cm³/mol. The van der Waals surface area contributed by atoms with Crippen LogP contribution in [0.4, 0.5) is 0 Å². The monoisotopic (exact) mass is 500 g/mol. The molecule has 0 aliphatic carbocycles. The summed E-state index contributed by atoms with van der Waals surface area (Å²) in [4.78, 5) is 0. The fourth-order valence-corrected chi connectivity index (χ4v) is 10.5. The van der Waals surface area contributed by atoms with Crippen LogP contribution in [-0.2, 0) is 13.9 Å². The van der Waals surface area contributed by atoms with Gasteiger partial charge in [0.25, 0.3) is 8.32 Å². The Labute approximate surface area is 210 Å². The summed E-state index contributed by atoms with van der Waals surface area (Å²) in [7, 11) is -2.61. The first-order valence-electron chi connectivity index (χ1n) is 12.7. The van der Waals surface area contributed by atoms with Crippen molar-refractivity contribution in [2.45, 2.75) is 81.5 Å². The molecule has 0 radical (unpaired) electrons. The van der Waals surface area contributed by atoms with Crippen molar-refractivity contribution in [2.24, 2.45) is 0 Å². The number of rotatable bonds is 9. The highest BCUT2D eigenvalue weighted by Gasteiger charge is 2.54. The zero-order valence-corrected chi connectivity index (χ0v) is 22.1. The molecule has 0 aromatic heterocycles. The van der Waals surface area contributed by atoms with Crippen LogP contribution in [0.25, 0.3) is 0 Å². The summed E-state index contributed by atoms with van der Waals surface area (Å²) in [6, 6.07) is 21.2. The average molecular weight is 501 g/mol. The predicted octanol–water partition coefficient (Wildman–Crippen LogP) is 2.37. The number of hydrogen-bond acceptors (Lipinski definition) is 6. The second-order valence-electron chi connectivity index (χ2n) is 11.0. The summed E-state index contributed by atoms with van der Waals surface area (Å²) >= 11 is 0. The van der Waals surface area contributed by atoms with Gasteiger partial charge in [-0.15, -0.1) is 0 Å². The van der Waals surface area contributed by atoms with Crippen LogP contribution in [0.2, 0.25) is 5.04 Å². The number of hydrogen-bond donors (Lipinski definition) is 3. The van der Waals surface area contributed by atoms with Gasteiger partial charge >= 0.3 is 0 Å². The molecule has 1 unspecified atom stereocenters. The largest absolute Gasteiger partial charge is 0.407 e. The minimum absolute atomic E-state index is 0.0646. The van der Waals surface area contributed by atoms with Gasteiger partial charge in [-0.1, -0.05) is 81.4 Å². The Kier molecular flexibility index (Phi) is 8.17. The molecule has 7 heteroatoms. The maximum Gasteiger partial charge on any atom is 0.261 e. The molecule has 3 N–H and O–H groups in total. The smallest absolute Gasteiger partial charge is 0.261 e. The van der Waals surface area contributed by atoms with Crippen molar-refractivity contribution in [2.75, 3.05) is 19.8 Å². The van der Waals surface area contributed by atoms with Gasteiger partial charge in [-0.2, -0.15) is 0 Å². The molecule has 2 aromatic rings. The lowest BCUT2D eigenvalue weighted by Crippen LogP contribution is -2.66. The van der Waals surface area contributed by atoms with Gasteiger partial charge in [0, 0.05) is 13.0 Å². The number of aliphatic hydroxyl groups is 3. The molecule has 192 valence electrons. The van der Waals surface area contributed by atoms with Crippen molar-refractivity contribution in [1.29, 1.82) is 0 Å². The molecule has 6 nitrogen and oxygen atoms in total. The van der Waals surface area contributed by atoms with Crippen LogP contribution in [0.3, 0.4) is 0 Å². The third kappa shape index (κ3) is 5.14. The van der Waals surface area contributed by atoms with Crippen molar-refractivity contribution in [3.8, 4) is 0 Å². The average Bonchev–Trinajstić information content (AvgIpc) is 3.26. The summed E-state index contributed by atoms with van der Waals surface area (Å²) < 4.78 is 19.4. The molecular weight excluding hydrogens is 460 g/mol. The molecule has 35 heavy (non-hydrogen) atoms. The summed E-state index contributed by atoms with van der Waals surface area (Å²) in [5, 5.41) is 32.1. The SMILES string of the molecule is CC(C)(C)[Si](OCC[C@H]1CC[C@@H]2OC([C@H](O)CO)C[C@]2(CO)O1)(c1ccccc1)c1ccccc1. The van der Waals surface area contributed by atoms with E-state index in [-0.39, 0.29) is 30.5 Å². The van der Waals surface area contributed by atoms with Gasteiger partial charge in [0.1, 0.15) is 11.7 Å². The zero-order chi connectivity index (χ0) is 25.1. The normalized spacial score (nSPS) is 28.0.